The quantitative estimate of drug-likeness (QED) is 0.858. The molecule has 5 nitrogen and oxygen atoms in total. The topological polar surface area (TPSA) is 52.5 Å². The van der Waals surface area contributed by atoms with E-state index in [9.17, 15) is 0 Å². The predicted octanol–water partition coefficient (Wildman–Crippen LogP) is 1.86. The second-order valence-electron chi connectivity index (χ2n) is 5.23. The van der Waals surface area contributed by atoms with Crippen LogP contribution in [-0.4, -0.2) is 52.8 Å². The molecule has 0 unspecified atom stereocenters. The number of aromatic nitrogens is 2. The highest BCUT2D eigenvalue weighted by Crippen LogP contribution is 2.18. The summed E-state index contributed by atoms with van der Waals surface area (Å²) in [4.78, 5) is 14.4. The van der Waals surface area contributed by atoms with Gasteiger partial charge in [0.15, 0.2) is 0 Å². The summed E-state index contributed by atoms with van der Waals surface area (Å²) in [6.07, 6.45) is 3.27. The number of aliphatic hydroxyl groups is 1. The molecule has 7 heteroatoms. The van der Waals surface area contributed by atoms with Gasteiger partial charge in [0.1, 0.15) is 6.61 Å². The van der Waals surface area contributed by atoms with Gasteiger partial charge in [-0.05, 0) is 6.07 Å². The molecule has 0 bridgehead atoms. The average Bonchev–Trinajstić information content (AvgIpc) is 3.02. The number of rotatable bonds is 3. The van der Waals surface area contributed by atoms with Crippen molar-refractivity contribution in [2.45, 2.75) is 6.54 Å². The Labute approximate surface area is 144 Å². The fourth-order valence-electron chi connectivity index (χ4n) is 2.47. The van der Waals surface area contributed by atoms with Gasteiger partial charge in [-0.2, -0.15) is 0 Å². The Morgan fingerprint density at radius 3 is 2.65 bits per heavy atom. The Bertz CT molecular complexity index is 699. The zero-order valence-electron chi connectivity index (χ0n) is 12.6. The highest BCUT2D eigenvalue weighted by Gasteiger charge is 2.19. The second-order valence-corrected chi connectivity index (χ2v) is 6.66. The summed E-state index contributed by atoms with van der Waals surface area (Å²) in [5.41, 5.74) is 0.979. The summed E-state index contributed by atoms with van der Waals surface area (Å²) in [7, 11) is 0. The summed E-state index contributed by atoms with van der Waals surface area (Å²) in [6.45, 7) is 4.60. The van der Waals surface area contributed by atoms with Crippen LogP contribution in [0.25, 0.3) is 0 Å². The first-order valence-corrected chi connectivity index (χ1v) is 8.62. The fourth-order valence-corrected chi connectivity index (χ4v) is 3.42. The molecule has 120 valence electrons. The first-order chi connectivity index (χ1) is 11.2. The van der Waals surface area contributed by atoms with Crippen LogP contribution in [0.2, 0.25) is 5.02 Å². The number of halogens is 1. The van der Waals surface area contributed by atoms with Crippen LogP contribution in [0.3, 0.4) is 0 Å². The van der Waals surface area contributed by atoms with Gasteiger partial charge >= 0.3 is 0 Å². The van der Waals surface area contributed by atoms with Gasteiger partial charge in [-0.25, -0.2) is 9.97 Å². The summed E-state index contributed by atoms with van der Waals surface area (Å²) >= 11 is 7.54. The Morgan fingerprint density at radius 1 is 1.22 bits per heavy atom. The molecule has 23 heavy (non-hydrogen) atoms. The lowest BCUT2D eigenvalue weighted by atomic mass is 10.2. The smallest absolute Gasteiger partial charge is 0.225 e. The number of hydrogen-bond acceptors (Lipinski definition) is 6. The lowest BCUT2D eigenvalue weighted by molar-refractivity contribution is 0.251. The van der Waals surface area contributed by atoms with Crippen molar-refractivity contribution in [2.24, 2.45) is 0 Å². The third-order valence-electron chi connectivity index (χ3n) is 3.61. The first-order valence-electron chi connectivity index (χ1n) is 7.36. The molecular formula is C16H17ClN4OS. The SMILES string of the molecule is OCC#Cc1csc(CN2CCN(c3ncc(Cl)cn3)CC2)c1. The van der Waals surface area contributed by atoms with Gasteiger partial charge in [0.2, 0.25) is 5.95 Å². The number of anilines is 1. The molecule has 3 heterocycles. The van der Waals surface area contributed by atoms with Crippen molar-refractivity contribution in [2.75, 3.05) is 37.7 Å². The van der Waals surface area contributed by atoms with Crippen molar-refractivity contribution in [1.29, 1.82) is 0 Å². The van der Waals surface area contributed by atoms with E-state index < -0.39 is 0 Å². The molecular weight excluding hydrogens is 332 g/mol. The molecule has 2 aromatic heterocycles. The van der Waals surface area contributed by atoms with Crippen molar-refractivity contribution < 1.29 is 5.11 Å². The minimum atomic E-state index is -0.0973. The van der Waals surface area contributed by atoms with Crippen LogP contribution in [0.1, 0.15) is 10.4 Å². The van der Waals surface area contributed by atoms with Crippen LogP contribution >= 0.6 is 22.9 Å². The molecule has 0 aliphatic carbocycles. The zero-order chi connectivity index (χ0) is 16.1. The molecule has 2 aromatic rings. The lowest BCUT2D eigenvalue weighted by Crippen LogP contribution is -2.46. The Balaban J connectivity index is 1.53. The van der Waals surface area contributed by atoms with E-state index in [1.807, 2.05) is 5.38 Å². The van der Waals surface area contributed by atoms with E-state index in [0.29, 0.717) is 5.02 Å². The summed E-state index contributed by atoms with van der Waals surface area (Å²) in [6, 6.07) is 2.10. The zero-order valence-corrected chi connectivity index (χ0v) is 14.1. The van der Waals surface area contributed by atoms with Crippen LogP contribution in [-0.2, 0) is 6.54 Å². The third kappa shape index (κ3) is 4.43. The molecule has 1 aliphatic heterocycles. The second kappa shape index (κ2) is 7.75. The van der Waals surface area contributed by atoms with Crippen molar-refractivity contribution in [3.8, 4) is 11.8 Å². The van der Waals surface area contributed by atoms with E-state index in [0.717, 1.165) is 44.2 Å². The van der Waals surface area contributed by atoms with E-state index in [-0.39, 0.29) is 6.61 Å². The minimum absolute atomic E-state index is 0.0973. The molecule has 3 rings (SSSR count). The van der Waals surface area contributed by atoms with Crippen LogP contribution in [0.15, 0.2) is 23.8 Å². The molecule has 1 fully saturated rings. The number of nitrogens with zero attached hydrogens (tertiary/aromatic N) is 4. The molecule has 0 aromatic carbocycles. The van der Waals surface area contributed by atoms with Gasteiger partial charge < -0.3 is 10.0 Å². The van der Waals surface area contributed by atoms with Crippen LogP contribution in [0.5, 0.6) is 0 Å². The molecule has 0 atom stereocenters. The first kappa shape index (κ1) is 16.2. The monoisotopic (exact) mass is 348 g/mol. The van der Waals surface area contributed by atoms with Crippen molar-refractivity contribution in [1.82, 2.24) is 14.9 Å². The van der Waals surface area contributed by atoms with E-state index in [4.69, 9.17) is 16.7 Å². The third-order valence-corrected chi connectivity index (χ3v) is 4.72. The van der Waals surface area contributed by atoms with Crippen LogP contribution < -0.4 is 4.90 Å². The van der Waals surface area contributed by atoms with Gasteiger partial charge in [0, 0.05) is 48.5 Å². The summed E-state index contributed by atoms with van der Waals surface area (Å²) in [5.74, 6) is 6.36. The molecule has 0 spiro atoms. The lowest BCUT2D eigenvalue weighted by Gasteiger charge is -2.34. The standard InChI is InChI=1S/C16H17ClN4OS/c17-14-9-18-16(19-10-14)21-5-3-20(4-6-21)11-15-8-13(12-23-15)2-1-7-22/h8-10,12,22H,3-7,11H2. The molecule has 0 radical (unpaired) electrons. The van der Waals surface area contributed by atoms with Crippen molar-refractivity contribution in [3.63, 3.8) is 0 Å². The van der Waals surface area contributed by atoms with E-state index in [1.165, 1.54) is 4.88 Å². The minimum Gasteiger partial charge on any atom is -0.384 e. The number of aliphatic hydroxyl groups excluding tert-OH is 1. The van der Waals surface area contributed by atoms with E-state index in [2.05, 4.69) is 37.7 Å². The number of thiophene rings is 1. The van der Waals surface area contributed by atoms with Gasteiger partial charge in [-0.15, -0.1) is 11.3 Å². The van der Waals surface area contributed by atoms with Gasteiger partial charge in [-0.1, -0.05) is 23.4 Å². The molecule has 1 N–H and O–H groups in total. The normalized spacial score (nSPS) is 15.3. The molecule has 0 saturated carbocycles. The maximum atomic E-state index is 8.73. The van der Waals surface area contributed by atoms with Crippen LogP contribution in [0, 0.1) is 11.8 Å². The van der Waals surface area contributed by atoms with Crippen LogP contribution in [0.4, 0.5) is 5.95 Å². The maximum Gasteiger partial charge on any atom is 0.225 e. The van der Waals surface area contributed by atoms with Gasteiger partial charge in [-0.3, -0.25) is 4.90 Å². The molecule has 1 saturated heterocycles. The number of hydrogen-bond donors (Lipinski definition) is 1. The summed E-state index contributed by atoms with van der Waals surface area (Å²) in [5, 5.41) is 11.3. The Hall–Kier alpha value is -1.65. The molecule has 1 aliphatic rings. The summed E-state index contributed by atoms with van der Waals surface area (Å²) < 4.78 is 0. The predicted molar refractivity (Wildman–Crippen MR) is 92.8 cm³/mol. The highest BCUT2D eigenvalue weighted by atomic mass is 35.5. The van der Waals surface area contributed by atoms with Gasteiger partial charge in [0.05, 0.1) is 17.4 Å². The highest BCUT2D eigenvalue weighted by molar-refractivity contribution is 7.10. The Morgan fingerprint density at radius 2 is 1.96 bits per heavy atom. The van der Waals surface area contributed by atoms with Crippen molar-refractivity contribution in [3.05, 3.63) is 39.3 Å². The van der Waals surface area contributed by atoms with Crippen molar-refractivity contribution >= 4 is 28.9 Å². The maximum absolute atomic E-state index is 8.73. The average molecular weight is 349 g/mol. The number of piperazine rings is 1. The molecule has 0 amide bonds. The Kier molecular flexibility index (Phi) is 5.47. The largest absolute Gasteiger partial charge is 0.384 e. The fraction of sp³-hybridized carbons (Fsp3) is 0.375. The van der Waals surface area contributed by atoms with Gasteiger partial charge in [0.25, 0.3) is 0 Å². The van der Waals surface area contributed by atoms with E-state index in [1.54, 1.807) is 23.7 Å². The van der Waals surface area contributed by atoms with E-state index >= 15 is 0 Å².